The molecule has 21 heavy (non-hydrogen) atoms. The normalized spacial score (nSPS) is 12.2. The van der Waals surface area contributed by atoms with Gasteiger partial charge in [0.25, 0.3) is 0 Å². The molecule has 0 bridgehead atoms. The van der Waals surface area contributed by atoms with Gasteiger partial charge in [-0.25, -0.2) is 0 Å². The summed E-state index contributed by atoms with van der Waals surface area (Å²) in [6.45, 7) is 4.70. The summed E-state index contributed by atoms with van der Waals surface area (Å²) in [4.78, 5) is 0. The second-order valence-electron chi connectivity index (χ2n) is 5.00. The minimum absolute atomic E-state index is 0.631. The Hall–Kier alpha value is -1.03. The molecule has 2 aromatic rings. The van der Waals surface area contributed by atoms with E-state index in [1.165, 1.54) is 0 Å². The summed E-state index contributed by atoms with van der Waals surface area (Å²) in [6.07, 6.45) is 0.248. The van der Waals surface area contributed by atoms with Crippen LogP contribution in [0.3, 0.4) is 0 Å². The van der Waals surface area contributed by atoms with Crippen LogP contribution < -0.4 is 4.74 Å². The molecule has 0 aromatic heterocycles. The van der Waals surface area contributed by atoms with Gasteiger partial charge in [-0.05, 0) is 70.2 Å². The van der Waals surface area contributed by atoms with Crippen molar-refractivity contribution in [1.82, 2.24) is 0 Å². The van der Waals surface area contributed by atoms with E-state index < -0.39 is 6.10 Å². The molecule has 1 unspecified atom stereocenters. The van der Waals surface area contributed by atoms with Crippen molar-refractivity contribution >= 4 is 27.5 Å². The summed E-state index contributed by atoms with van der Waals surface area (Å²) in [5.41, 5.74) is 2.61. The number of aryl methyl sites for hydroxylation is 1. The minimum atomic E-state index is -0.709. The van der Waals surface area contributed by atoms with E-state index in [0.717, 1.165) is 33.3 Å². The summed E-state index contributed by atoms with van der Waals surface area (Å²) < 4.78 is 6.45. The van der Waals surface area contributed by atoms with Crippen molar-refractivity contribution in [3.05, 3.63) is 62.6 Å². The summed E-state index contributed by atoms with van der Waals surface area (Å²) in [5.74, 6) is 0.787. The van der Waals surface area contributed by atoms with Crippen LogP contribution in [0, 0.1) is 6.92 Å². The molecule has 0 saturated carbocycles. The molecule has 2 nitrogen and oxygen atoms in total. The largest absolute Gasteiger partial charge is 0.492 e. The molecule has 0 saturated heterocycles. The number of rotatable bonds is 5. The average molecular weight is 370 g/mol. The molecule has 0 spiro atoms. The van der Waals surface area contributed by atoms with Crippen molar-refractivity contribution in [1.29, 1.82) is 0 Å². The first-order chi connectivity index (χ1) is 10.0. The Morgan fingerprint density at radius 3 is 2.57 bits per heavy atom. The van der Waals surface area contributed by atoms with E-state index in [9.17, 15) is 5.11 Å². The van der Waals surface area contributed by atoms with Crippen LogP contribution in [0.5, 0.6) is 5.75 Å². The fraction of sp³-hybridized carbons (Fsp3) is 0.294. The fourth-order valence-electron chi connectivity index (χ4n) is 2.13. The Kier molecular flexibility index (Phi) is 5.68. The Morgan fingerprint density at radius 1 is 1.19 bits per heavy atom. The number of aliphatic hydroxyl groups excluding tert-OH is 1. The van der Waals surface area contributed by atoms with Crippen molar-refractivity contribution < 1.29 is 9.84 Å². The van der Waals surface area contributed by atoms with Gasteiger partial charge in [-0.1, -0.05) is 30.7 Å². The van der Waals surface area contributed by atoms with Crippen LogP contribution >= 0.6 is 27.5 Å². The molecule has 0 amide bonds. The number of benzene rings is 2. The van der Waals surface area contributed by atoms with Crippen LogP contribution in [0.1, 0.15) is 36.1 Å². The lowest BCUT2D eigenvalue weighted by Crippen LogP contribution is -2.02. The van der Waals surface area contributed by atoms with E-state index >= 15 is 0 Å². The lowest BCUT2D eigenvalue weighted by Gasteiger charge is -2.15. The molecule has 2 aromatic carbocycles. The highest BCUT2D eigenvalue weighted by Crippen LogP contribution is 2.32. The second-order valence-corrected chi connectivity index (χ2v) is 6.29. The Bertz CT molecular complexity index is 608. The first kappa shape index (κ1) is 16.3. The van der Waals surface area contributed by atoms with Crippen LogP contribution in [0.15, 0.2) is 40.9 Å². The summed E-state index contributed by atoms with van der Waals surface area (Å²) in [5, 5.41) is 11.1. The zero-order valence-electron chi connectivity index (χ0n) is 12.1. The maximum Gasteiger partial charge on any atom is 0.133 e. The van der Waals surface area contributed by atoms with Gasteiger partial charge in [-0.3, -0.25) is 0 Å². The maximum atomic E-state index is 10.5. The standard InChI is InChI=1S/C17H18BrClO2/c1-3-6-21-16-5-4-12(10-15(16)18)17(20)13-7-11(2)8-14(19)9-13/h4-5,7-10,17,20H,3,6H2,1-2H3. The van der Waals surface area contributed by atoms with Gasteiger partial charge in [0.2, 0.25) is 0 Å². The van der Waals surface area contributed by atoms with E-state index in [1.807, 2.05) is 37.3 Å². The summed E-state index contributed by atoms with van der Waals surface area (Å²) in [7, 11) is 0. The van der Waals surface area contributed by atoms with Crippen LogP contribution in [0.2, 0.25) is 5.02 Å². The van der Waals surface area contributed by atoms with Crippen LogP contribution in [-0.2, 0) is 0 Å². The van der Waals surface area contributed by atoms with Gasteiger partial charge in [-0.2, -0.15) is 0 Å². The predicted molar refractivity (Wildman–Crippen MR) is 90.2 cm³/mol. The molecule has 0 aliphatic rings. The van der Waals surface area contributed by atoms with Crippen molar-refractivity contribution in [2.45, 2.75) is 26.4 Å². The maximum absolute atomic E-state index is 10.5. The number of ether oxygens (including phenoxy) is 1. The molecular weight excluding hydrogens is 352 g/mol. The van der Waals surface area contributed by atoms with Crippen molar-refractivity contribution in [3.63, 3.8) is 0 Å². The van der Waals surface area contributed by atoms with Crippen molar-refractivity contribution in [2.75, 3.05) is 6.61 Å². The second kappa shape index (κ2) is 7.30. The van der Waals surface area contributed by atoms with Crippen LogP contribution in [0.4, 0.5) is 0 Å². The zero-order valence-corrected chi connectivity index (χ0v) is 14.4. The number of aliphatic hydroxyl groups is 1. The van der Waals surface area contributed by atoms with Gasteiger partial charge in [-0.15, -0.1) is 0 Å². The Balaban J connectivity index is 2.26. The number of halogens is 2. The predicted octanol–water partition coefficient (Wildman–Crippen LogP) is 5.28. The van der Waals surface area contributed by atoms with E-state index in [2.05, 4.69) is 22.9 Å². The van der Waals surface area contributed by atoms with Gasteiger partial charge in [0.1, 0.15) is 11.9 Å². The third-order valence-corrected chi connectivity index (χ3v) is 3.95. The molecule has 0 heterocycles. The first-order valence-corrected chi connectivity index (χ1v) is 8.05. The molecule has 4 heteroatoms. The zero-order chi connectivity index (χ0) is 15.4. The molecule has 0 fully saturated rings. The quantitative estimate of drug-likeness (QED) is 0.777. The van der Waals surface area contributed by atoms with Crippen molar-refractivity contribution in [3.8, 4) is 5.75 Å². The summed E-state index contributed by atoms with van der Waals surface area (Å²) >= 11 is 9.54. The van der Waals surface area contributed by atoms with Crippen molar-refractivity contribution in [2.24, 2.45) is 0 Å². The molecular formula is C17H18BrClO2. The molecule has 0 radical (unpaired) electrons. The average Bonchev–Trinajstić information content (AvgIpc) is 2.44. The highest BCUT2D eigenvalue weighted by Gasteiger charge is 2.13. The fourth-order valence-corrected chi connectivity index (χ4v) is 2.94. The van der Waals surface area contributed by atoms with Gasteiger partial charge >= 0.3 is 0 Å². The van der Waals surface area contributed by atoms with E-state index in [-0.39, 0.29) is 0 Å². The van der Waals surface area contributed by atoms with Gasteiger partial charge in [0, 0.05) is 5.02 Å². The third-order valence-electron chi connectivity index (χ3n) is 3.11. The first-order valence-electron chi connectivity index (χ1n) is 6.88. The topological polar surface area (TPSA) is 29.5 Å². The Morgan fingerprint density at radius 2 is 1.95 bits per heavy atom. The molecule has 2 rings (SSSR count). The Labute approximate surface area is 138 Å². The van der Waals surface area contributed by atoms with Gasteiger partial charge in [0.15, 0.2) is 0 Å². The number of hydrogen-bond acceptors (Lipinski definition) is 2. The van der Waals surface area contributed by atoms with Crippen LogP contribution in [0.25, 0.3) is 0 Å². The third kappa shape index (κ3) is 4.22. The SMILES string of the molecule is CCCOc1ccc(C(O)c2cc(C)cc(Cl)c2)cc1Br. The number of hydrogen-bond donors (Lipinski definition) is 1. The van der Waals surface area contributed by atoms with E-state index in [1.54, 1.807) is 6.07 Å². The molecule has 1 atom stereocenters. The van der Waals surface area contributed by atoms with E-state index in [0.29, 0.717) is 11.6 Å². The summed E-state index contributed by atoms with van der Waals surface area (Å²) in [6, 6.07) is 11.2. The molecule has 112 valence electrons. The highest BCUT2D eigenvalue weighted by molar-refractivity contribution is 9.10. The molecule has 0 aliphatic heterocycles. The van der Waals surface area contributed by atoms with Gasteiger partial charge < -0.3 is 9.84 Å². The highest BCUT2D eigenvalue weighted by atomic mass is 79.9. The molecule has 1 N–H and O–H groups in total. The van der Waals surface area contributed by atoms with Gasteiger partial charge in [0.05, 0.1) is 11.1 Å². The smallest absolute Gasteiger partial charge is 0.133 e. The lowest BCUT2D eigenvalue weighted by atomic mass is 10.00. The monoisotopic (exact) mass is 368 g/mol. The lowest BCUT2D eigenvalue weighted by molar-refractivity contribution is 0.220. The van der Waals surface area contributed by atoms with Crippen LogP contribution in [-0.4, -0.2) is 11.7 Å². The minimum Gasteiger partial charge on any atom is -0.492 e. The molecule has 0 aliphatic carbocycles. The van der Waals surface area contributed by atoms with E-state index in [4.69, 9.17) is 16.3 Å².